The van der Waals surface area contributed by atoms with Crippen molar-refractivity contribution in [2.24, 2.45) is 0 Å². The van der Waals surface area contributed by atoms with E-state index in [1.165, 1.54) is 12.1 Å². The summed E-state index contributed by atoms with van der Waals surface area (Å²) in [7, 11) is 1.65. The number of aromatic carboxylic acids is 2. The van der Waals surface area contributed by atoms with E-state index in [0.717, 1.165) is 0 Å². The molecule has 47 heavy (non-hydrogen) atoms. The van der Waals surface area contributed by atoms with Crippen LogP contribution in [0.1, 0.15) is 83.7 Å². The number of aromatic nitrogens is 2. The fraction of sp³-hybridized carbons (Fsp3) is 0.594. The van der Waals surface area contributed by atoms with E-state index in [1.54, 1.807) is 25.2 Å². The van der Waals surface area contributed by atoms with Gasteiger partial charge in [-0.25, -0.2) is 19.6 Å². The molecule has 1 saturated heterocycles. The summed E-state index contributed by atoms with van der Waals surface area (Å²) in [6.45, 7) is 2.48. The van der Waals surface area contributed by atoms with Gasteiger partial charge in [-0.1, -0.05) is 6.07 Å². The molecule has 3 heterocycles. The van der Waals surface area contributed by atoms with Crippen molar-refractivity contribution in [2.75, 3.05) is 38.5 Å². The van der Waals surface area contributed by atoms with Crippen LogP contribution in [-0.2, 0) is 13.1 Å². The maximum absolute atomic E-state index is 11.8. The van der Waals surface area contributed by atoms with Gasteiger partial charge in [0, 0.05) is 52.0 Å². The Hall–Kier alpha value is -3.31. The summed E-state index contributed by atoms with van der Waals surface area (Å²) < 4.78 is 0. The molecule has 1 aliphatic rings. The van der Waals surface area contributed by atoms with Crippen LogP contribution >= 0.6 is 12.2 Å². The Morgan fingerprint density at radius 3 is 1.62 bits per heavy atom. The number of carbonyl (C=O) groups is 2. The first-order valence-corrected chi connectivity index (χ1v) is 16.4. The lowest BCUT2D eigenvalue weighted by molar-refractivity contribution is 0.0671. The van der Waals surface area contributed by atoms with Crippen LogP contribution in [0.5, 0.6) is 0 Å². The average molecular weight is 677 g/mol. The maximum atomic E-state index is 11.8. The minimum absolute atomic E-state index is 0.0496. The number of rotatable bonds is 7. The van der Waals surface area contributed by atoms with Gasteiger partial charge in [0.1, 0.15) is 5.69 Å². The second-order valence-electron chi connectivity index (χ2n) is 12.0. The molecule has 2 aromatic rings. The van der Waals surface area contributed by atoms with Crippen molar-refractivity contribution in [2.45, 2.75) is 88.9 Å². The van der Waals surface area contributed by atoms with Gasteiger partial charge in [0.2, 0.25) is 0 Å². The van der Waals surface area contributed by atoms with Crippen molar-refractivity contribution in [3.05, 3.63) is 53.1 Å². The van der Waals surface area contributed by atoms with Crippen LogP contribution in [0.25, 0.3) is 0 Å². The Kier molecular flexibility index (Phi) is 15.8. The summed E-state index contributed by atoms with van der Waals surface area (Å²) in [6, 6.07) is 7.92. The van der Waals surface area contributed by atoms with Gasteiger partial charge in [-0.3, -0.25) is 9.80 Å². The Balaban J connectivity index is 1.69. The first kappa shape index (κ1) is 38.1. The van der Waals surface area contributed by atoms with E-state index < -0.39 is 36.4 Å². The fourth-order valence-electron chi connectivity index (χ4n) is 5.40. The van der Waals surface area contributed by atoms with Gasteiger partial charge in [0.15, 0.2) is 10.8 Å². The van der Waals surface area contributed by atoms with E-state index in [0.29, 0.717) is 106 Å². The molecule has 0 aromatic carbocycles. The molecule has 4 atom stereocenters. The van der Waals surface area contributed by atoms with E-state index in [4.69, 9.17) is 12.2 Å². The second kappa shape index (κ2) is 19.5. The number of hydrogen-bond donors (Lipinski definition) is 8. The van der Waals surface area contributed by atoms with Crippen LogP contribution in [0.3, 0.4) is 0 Å². The number of carboxylic acids is 2. The number of anilines is 1. The molecular weight excluding hydrogens is 628 g/mol. The van der Waals surface area contributed by atoms with Crippen LogP contribution in [0, 0.1) is 0 Å². The SMILES string of the molecule is CNC(=S)Nc1cc(CN2CCC(O)CCC(O)CCN(Cc3cccc(C(=O)O)n3)CCC(O)CCC(O)CC2)nc(C(=O)O)c1. The molecule has 3 rings (SSSR count). The zero-order chi connectivity index (χ0) is 34.3. The zero-order valence-electron chi connectivity index (χ0n) is 26.8. The first-order valence-electron chi connectivity index (χ1n) is 16.0. The molecule has 4 unspecified atom stereocenters. The average Bonchev–Trinajstić information content (AvgIpc) is 3.04. The number of aliphatic hydroxyl groups excluding tert-OH is 4. The van der Waals surface area contributed by atoms with Crippen LogP contribution in [-0.4, -0.2) is 125 Å². The van der Waals surface area contributed by atoms with Gasteiger partial charge >= 0.3 is 11.9 Å². The number of nitrogens with zero attached hydrogens (tertiary/aromatic N) is 4. The molecular formula is C32H48N6O8S. The van der Waals surface area contributed by atoms with Crippen LogP contribution in [0.4, 0.5) is 5.69 Å². The van der Waals surface area contributed by atoms with E-state index in [1.807, 2.05) is 9.80 Å². The summed E-state index contributed by atoms with van der Waals surface area (Å²) in [5.41, 5.74) is 1.34. The molecule has 2 aromatic heterocycles. The minimum Gasteiger partial charge on any atom is -0.477 e. The second-order valence-corrected chi connectivity index (χ2v) is 12.4. The minimum atomic E-state index is -1.18. The molecule has 1 fully saturated rings. The highest BCUT2D eigenvalue weighted by Gasteiger charge is 2.20. The lowest BCUT2D eigenvalue weighted by Crippen LogP contribution is -2.33. The quantitative estimate of drug-likeness (QED) is 0.196. The Morgan fingerprint density at radius 1 is 0.723 bits per heavy atom. The number of hydrogen-bond acceptors (Lipinski definition) is 11. The monoisotopic (exact) mass is 676 g/mol. The molecule has 1 aliphatic heterocycles. The molecule has 0 amide bonds. The Labute approximate surface area is 280 Å². The third-order valence-corrected chi connectivity index (χ3v) is 8.47. The summed E-state index contributed by atoms with van der Waals surface area (Å²) in [4.78, 5) is 35.7. The number of nitrogens with one attached hydrogen (secondary N) is 2. The van der Waals surface area contributed by atoms with E-state index in [-0.39, 0.29) is 17.9 Å². The van der Waals surface area contributed by atoms with Crippen molar-refractivity contribution in [3.8, 4) is 0 Å². The molecule has 14 nitrogen and oxygen atoms in total. The van der Waals surface area contributed by atoms with E-state index >= 15 is 0 Å². The molecule has 0 saturated carbocycles. The van der Waals surface area contributed by atoms with E-state index in [9.17, 15) is 40.2 Å². The van der Waals surface area contributed by atoms with Gasteiger partial charge in [-0.2, -0.15) is 0 Å². The highest BCUT2D eigenvalue weighted by molar-refractivity contribution is 7.80. The third-order valence-electron chi connectivity index (χ3n) is 8.16. The Morgan fingerprint density at radius 2 is 1.17 bits per heavy atom. The van der Waals surface area contributed by atoms with Gasteiger partial charge in [-0.15, -0.1) is 0 Å². The molecule has 8 N–H and O–H groups in total. The van der Waals surface area contributed by atoms with Gasteiger partial charge in [0.25, 0.3) is 0 Å². The zero-order valence-corrected chi connectivity index (χ0v) is 27.6. The largest absolute Gasteiger partial charge is 0.477 e. The number of aliphatic hydroxyl groups is 4. The van der Waals surface area contributed by atoms with Crippen LogP contribution in [0.15, 0.2) is 30.3 Å². The first-order chi connectivity index (χ1) is 22.4. The summed E-state index contributed by atoms with van der Waals surface area (Å²) in [5, 5.41) is 68.0. The third kappa shape index (κ3) is 14.1. The summed E-state index contributed by atoms with van der Waals surface area (Å²) in [6.07, 6.45) is 0.438. The predicted octanol–water partition coefficient (Wildman–Crippen LogP) is 1.67. The maximum Gasteiger partial charge on any atom is 0.354 e. The highest BCUT2D eigenvalue weighted by Crippen LogP contribution is 2.18. The van der Waals surface area contributed by atoms with Crippen molar-refractivity contribution in [3.63, 3.8) is 0 Å². The van der Waals surface area contributed by atoms with Crippen molar-refractivity contribution in [1.82, 2.24) is 25.1 Å². The predicted molar refractivity (Wildman–Crippen MR) is 179 cm³/mol. The van der Waals surface area contributed by atoms with Crippen LogP contribution in [0.2, 0.25) is 0 Å². The van der Waals surface area contributed by atoms with Gasteiger partial charge in [-0.05, 0) is 87.8 Å². The normalized spacial score (nSPS) is 23.3. The number of carboxylic acid groups (broad SMARTS) is 2. The van der Waals surface area contributed by atoms with Gasteiger partial charge < -0.3 is 41.3 Å². The molecule has 0 bridgehead atoms. The fourth-order valence-corrected chi connectivity index (χ4v) is 5.52. The molecule has 15 heteroatoms. The molecule has 0 spiro atoms. The number of thiocarbonyl (C=S) groups is 1. The summed E-state index contributed by atoms with van der Waals surface area (Å²) in [5.74, 6) is -2.29. The summed E-state index contributed by atoms with van der Waals surface area (Å²) >= 11 is 5.16. The number of pyridine rings is 2. The van der Waals surface area contributed by atoms with Crippen molar-refractivity contribution >= 4 is 35.0 Å². The standard InChI is InChI=1S/C32H48N6O8S/c1-33-32(47)36-22-17-23(35-29(18-22)31(45)46)20-38-15-11-26(41)7-5-24(39)9-13-37(14-10-25(40)6-8-27(42)12-16-38)19-21-3-2-4-28(34-21)30(43)44/h2-4,17-18,24-27,39-42H,5-16,19-20H2,1H3,(H,43,44)(H,45,46)(H2,33,35,36,47). The van der Waals surface area contributed by atoms with Crippen molar-refractivity contribution in [1.29, 1.82) is 0 Å². The van der Waals surface area contributed by atoms with E-state index in [2.05, 4.69) is 20.6 Å². The van der Waals surface area contributed by atoms with Crippen LogP contribution < -0.4 is 10.6 Å². The topological polar surface area (TPSA) is 212 Å². The van der Waals surface area contributed by atoms with Gasteiger partial charge in [0.05, 0.1) is 35.8 Å². The lowest BCUT2D eigenvalue weighted by atomic mass is 10.0. The Bertz CT molecular complexity index is 1290. The highest BCUT2D eigenvalue weighted by atomic mass is 32.1. The molecule has 0 aliphatic carbocycles. The smallest absolute Gasteiger partial charge is 0.354 e. The molecule has 260 valence electrons. The lowest BCUT2D eigenvalue weighted by Gasteiger charge is -2.27. The molecule has 0 radical (unpaired) electrons. The van der Waals surface area contributed by atoms with Crippen molar-refractivity contribution < 1.29 is 40.2 Å².